The van der Waals surface area contributed by atoms with Gasteiger partial charge in [-0.25, -0.2) is 4.98 Å². The van der Waals surface area contributed by atoms with E-state index in [0.717, 1.165) is 0 Å². The number of hydrogen-bond acceptors (Lipinski definition) is 3. The maximum atomic E-state index is 12.2. The highest BCUT2D eigenvalue weighted by atomic mass is 35.5. The van der Waals surface area contributed by atoms with Gasteiger partial charge in [-0.05, 0) is 30.3 Å². The average molecular weight is 323 g/mol. The number of ether oxygens (including phenoxy) is 1. The number of pyridine rings is 1. The Morgan fingerprint density at radius 3 is 2.38 bits per heavy atom. The van der Waals surface area contributed by atoms with Gasteiger partial charge in [0.15, 0.2) is 0 Å². The summed E-state index contributed by atoms with van der Waals surface area (Å²) in [5.74, 6) is 0.499. The lowest BCUT2D eigenvalue weighted by atomic mass is 10.1. The van der Waals surface area contributed by atoms with Crippen LogP contribution in [-0.2, 0) is 0 Å². The van der Waals surface area contributed by atoms with Gasteiger partial charge in [-0.3, -0.25) is 4.79 Å². The van der Waals surface area contributed by atoms with E-state index in [1.807, 2.05) is 0 Å². The van der Waals surface area contributed by atoms with Crippen LogP contribution in [0.4, 0.5) is 0 Å². The van der Waals surface area contributed by atoms with Crippen LogP contribution < -0.4 is 4.74 Å². The van der Waals surface area contributed by atoms with Crippen molar-refractivity contribution >= 4 is 29.1 Å². The number of likely N-dealkylation sites (tertiary alicyclic amines) is 1. The lowest BCUT2D eigenvalue weighted by molar-refractivity contribution is 0.0160. The summed E-state index contributed by atoms with van der Waals surface area (Å²) in [6.07, 6.45) is 1.50. The van der Waals surface area contributed by atoms with Crippen LogP contribution in [0.5, 0.6) is 5.88 Å². The Balaban J connectivity index is 1.54. The van der Waals surface area contributed by atoms with Crippen LogP contribution in [0.15, 0.2) is 42.6 Å². The van der Waals surface area contributed by atoms with Crippen LogP contribution in [0.1, 0.15) is 10.4 Å². The molecule has 0 radical (unpaired) electrons. The molecule has 2 aromatic rings. The Morgan fingerprint density at radius 1 is 1.10 bits per heavy atom. The number of carbonyl (C=O) groups is 1. The molecule has 4 nitrogen and oxygen atoms in total. The standard InChI is InChI=1S/C15H12Cl2N2O2/c16-11-3-1-10(2-4-11)15(20)19-8-13(9-19)21-14-6-5-12(17)7-18-14/h1-7,13H,8-9H2. The first kappa shape index (κ1) is 14.2. The molecule has 1 aromatic carbocycles. The van der Waals surface area contributed by atoms with E-state index in [2.05, 4.69) is 4.98 Å². The summed E-state index contributed by atoms with van der Waals surface area (Å²) in [7, 11) is 0. The van der Waals surface area contributed by atoms with Crippen LogP contribution in [0, 0.1) is 0 Å². The summed E-state index contributed by atoms with van der Waals surface area (Å²) in [4.78, 5) is 18.0. The van der Waals surface area contributed by atoms with Gasteiger partial charge in [0, 0.05) is 22.8 Å². The van der Waals surface area contributed by atoms with E-state index >= 15 is 0 Å². The number of rotatable bonds is 3. The van der Waals surface area contributed by atoms with E-state index in [4.69, 9.17) is 27.9 Å². The number of carbonyl (C=O) groups excluding carboxylic acids is 1. The second-order valence-corrected chi connectivity index (χ2v) is 5.64. The molecule has 0 saturated carbocycles. The monoisotopic (exact) mass is 322 g/mol. The molecule has 0 spiro atoms. The molecule has 0 N–H and O–H groups in total. The maximum absolute atomic E-state index is 12.2. The zero-order valence-electron chi connectivity index (χ0n) is 11.0. The molecule has 0 bridgehead atoms. The van der Waals surface area contributed by atoms with Crippen LogP contribution in [0.3, 0.4) is 0 Å². The summed E-state index contributed by atoms with van der Waals surface area (Å²) in [5.41, 5.74) is 0.627. The number of nitrogens with zero attached hydrogens (tertiary/aromatic N) is 2. The Morgan fingerprint density at radius 2 is 1.76 bits per heavy atom. The first-order valence-corrected chi connectivity index (χ1v) is 7.20. The van der Waals surface area contributed by atoms with Crippen molar-refractivity contribution in [3.05, 3.63) is 58.2 Å². The van der Waals surface area contributed by atoms with Crippen LogP contribution >= 0.6 is 23.2 Å². The van der Waals surface area contributed by atoms with Crippen molar-refractivity contribution in [1.82, 2.24) is 9.88 Å². The average Bonchev–Trinajstić information content (AvgIpc) is 2.44. The molecule has 1 amide bonds. The van der Waals surface area contributed by atoms with E-state index in [1.165, 1.54) is 6.20 Å². The highest BCUT2D eigenvalue weighted by Crippen LogP contribution is 2.20. The third-order valence-electron chi connectivity index (χ3n) is 3.21. The largest absolute Gasteiger partial charge is 0.471 e. The summed E-state index contributed by atoms with van der Waals surface area (Å²) in [5, 5.41) is 1.18. The third-order valence-corrected chi connectivity index (χ3v) is 3.69. The molecule has 21 heavy (non-hydrogen) atoms. The Labute approximate surface area is 132 Å². The molecule has 1 fully saturated rings. The van der Waals surface area contributed by atoms with Gasteiger partial charge in [0.2, 0.25) is 5.88 Å². The van der Waals surface area contributed by atoms with E-state index in [1.54, 1.807) is 41.3 Å². The van der Waals surface area contributed by atoms with Gasteiger partial charge in [-0.2, -0.15) is 0 Å². The lowest BCUT2D eigenvalue weighted by Gasteiger charge is -2.38. The zero-order valence-corrected chi connectivity index (χ0v) is 12.5. The number of hydrogen-bond donors (Lipinski definition) is 0. The molecule has 108 valence electrons. The fraction of sp³-hybridized carbons (Fsp3) is 0.200. The molecule has 6 heteroatoms. The summed E-state index contributed by atoms with van der Waals surface area (Å²) in [6, 6.07) is 10.3. The maximum Gasteiger partial charge on any atom is 0.254 e. The zero-order chi connectivity index (χ0) is 14.8. The SMILES string of the molecule is O=C(c1ccc(Cl)cc1)N1CC(Oc2ccc(Cl)cn2)C1. The second kappa shape index (κ2) is 5.92. The number of aromatic nitrogens is 1. The van der Waals surface area contributed by atoms with Crippen LogP contribution in [-0.4, -0.2) is 35.0 Å². The molecule has 0 unspecified atom stereocenters. The summed E-state index contributed by atoms with van der Waals surface area (Å²) < 4.78 is 5.66. The molecule has 1 aliphatic heterocycles. The minimum Gasteiger partial charge on any atom is -0.471 e. The predicted octanol–water partition coefficient (Wildman–Crippen LogP) is 3.29. The molecule has 1 aliphatic rings. The van der Waals surface area contributed by atoms with E-state index in [9.17, 15) is 4.79 Å². The highest BCUT2D eigenvalue weighted by Gasteiger charge is 2.33. The second-order valence-electron chi connectivity index (χ2n) is 4.77. The number of benzene rings is 1. The van der Waals surface area contributed by atoms with Gasteiger partial charge < -0.3 is 9.64 Å². The smallest absolute Gasteiger partial charge is 0.254 e. The van der Waals surface area contributed by atoms with Gasteiger partial charge in [-0.1, -0.05) is 23.2 Å². The first-order chi connectivity index (χ1) is 10.1. The normalized spacial score (nSPS) is 14.7. The number of halogens is 2. The van der Waals surface area contributed by atoms with Gasteiger partial charge in [0.1, 0.15) is 6.10 Å². The van der Waals surface area contributed by atoms with E-state index in [0.29, 0.717) is 34.6 Å². The molecular formula is C15H12Cl2N2O2. The van der Waals surface area contributed by atoms with Crippen LogP contribution in [0.2, 0.25) is 10.0 Å². The van der Waals surface area contributed by atoms with E-state index < -0.39 is 0 Å². The summed E-state index contributed by atoms with van der Waals surface area (Å²) >= 11 is 11.6. The Bertz CT molecular complexity index is 638. The molecule has 3 rings (SSSR count). The van der Waals surface area contributed by atoms with Crippen molar-refractivity contribution in [2.24, 2.45) is 0 Å². The Kier molecular flexibility index (Phi) is 3.99. The fourth-order valence-electron chi connectivity index (χ4n) is 2.06. The van der Waals surface area contributed by atoms with Gasteiger partial charge in [0.25, 0.3) is 5.91 Å². The summed E-state index contributed by atoms with van der Waals surface area (Å²) in [6.45, 7) is 1.09. The minimum absolute atomic E-state index is 0.0180. The molecule has 0 atom stereocenters. The molecule has 1 saturated heterocycles. The van der Waals surface area contributed by atoms with Crippen molar-refractivity contribution in [1.29, 1.82) is 0 Å². The quantitative estimate of drug-likeness (QED) is 0.870. The topological polar surface area (TPSA) is 42.4 Å². The van der Waals surface area contributed by atoms with E-state index in [-0.39, 0.29) is 12.0 Å². The molecule has 2 heterocycles. The minimum atomic E-state index is -0.0325. The molecule has 1 aromatic heterocycles. The van der Waals surface area contributed by atoms with Crippen molar-refractivity contribution < 1.29 is 9.53 Å². The van der Waals surface area contributed by atoms with Gasteiger partial charge in [0.05, 0.1) is 18.1 Å². The van der Waals surface area contributed by atoms with Gasteiger partial charge in [-0.15, -0.1) is 0 Å². The van der Waals surface area contributed by atoms with Crippen molar-refractivity contribution in [3.63, 3.8) is 0 Å². The molecular weight excluding hydrogens is 311 g/mol. The van der Waals surface area contributed by atoms with Crippen LogP contribution in [0.25, 0.3) is 0 Å². The van der Waals surface area contributed by atoms with Crippen molar-refractivity contribution in [2.45, 2.75) is 6.10 Å². The fourth-order valence-corrected chi connectivity index (χ4v) is 2.29. The first-order valence-electron chi connectivity index (χ1n) is 6.45. The lowest BCUT2D eigenvalue weighted by Crippen LogP contribution is -2.56. The highest BCUT2D eigenvalue weighted by molar-refractivity contribution is 6.30. The van der Waals surface area contributed by atoms with Gasteiger partial charge >= 0.3 is 0 Å². The molecule has 0 aliphatic carbocycles. The number of amides is 1. The third kappa shape index (κ3) is 3.28. The van der Waals surface area contributed by atoms with Crippen molar-refractivity contribution in [2.75, 3.05) is 13.1 Å². The van der Waals surface area contributed by atoms with Crippen molar-refractivity contribution in [3.8, 4) is 5.88 Å². The Hall–Kier alpha value is -1.78. The predicted molar refractivity (Wildman–Crippen MR) is 81.0 cm³/mol.